The molecule has 0 bridgehead atoms. The molecule has 188 valence electrons. The van der Waals surface area contributed by atoms with Crippen molar-refractivity contribution in [2.75, 3.05) is 26.9 Å². The van der Waals surface area contributed by atoms with Crippen LogP contribution in [0.5, 0.6) is 0 Å². The summed E-state index contributed by atoms with van der Waals surface area (Å²) in [6, 6.07) is 1.49. The molecule has 0 aromatic carbocycles. The molecule has 2 unspecified atom stereocenters. The van der Waals surface area contributed by atoms with Crippen molar-refractivity contribution >= 4 is 16.1 Å². The maximum Gasteiger partial charge on any atom is 0.356 e. The van der Waals surface area contributed by atoms with Crippen LogP contribution in [0.3, 0.4) is 0 Å². The Morgan fingerprint density at radius 3 is 2.63 bits per heavy atom. The van der Waals surface area contributed by atoms with Crippen molar-refractivity contribution in [3.63, 3.8) is 0 Å². The average molecular weight is 506 g/mol. The zero-order valence-electron chi connectivity index (χ0n) is 19.7. The molecular formula is C22H27N5O7S. The second-order valence-corrected chi connectivity index (χ2v) is 10.1. The number of carbonyl (C=O) groups excluding carboxylic acids is 1. The van der Waals surface area contributed by atoms with Gasteiger partial charge in [0.2, 0.25) is 0 Å². The first-order valence-electron chi connectivity index (χ1n) is 11.0. The van der Waals surface area contributed by atoms with Crippen molar-refractivity contribution in [3.05, 3.63) is 47.6 Å². The summed E-state index contributed by atoms with van der Waals surface area (Å²) in [6.45, 7) is 4.28. The number of nitrogens with zero attached hydrogens (tertiary/aromatic N) is 5. The van der Waals surface area contributed by atoms with Crippen LogP contribution in [0.2, 0.25) is 0 Å². The summed E-state index contributed by atoms with van der Waals surface area (Å²) in [6.07, 6.45) is 6.58. The predicted octanol–water partition coefficient (Wildman–Crippen LogP) is 1.24. The van der Waals surface area contributed by atoms with E-state index in [4.69, 9.17) is 18.4 Å². The van der Waals surface area contributed by atoms with Gasteiger partial charge >= 0.3 is 5.97 Å². The van der Waals surface area contributed by atoms with Crippen LogP contribution >= 0.6 is 0 Å². The fourth-order valence-corrected chi connectivity index (χ4v) is 4.71. The van der Waals surface area contributed by atoms with E-state index in [9.17, 15) is 13.2 Å². The Morgan fingerprint density at radius 2 is 1.94 bits per heavy atom. The highest BCUT2D eigenvalue weighted by atomic mass is 32.2. The van der Waals surface area contributed by atoms with Crippen molar-refractivity contribution in [2.45, 2.75) is 44.3 Å². The molecular weight excluding hydrogens is 478 g/mol. The van der Waals surface area contributed by atoms with Crippen LogP contribution in [-0.4, -0.2) is 83.7 Å². The molecule has 0 spiro atoms. The Hall–Kier alpha value is -3.00. The molecule has 0 N–H and O–H groups in total. The summed E-state index contributed by atoms with van der Waals surface area (Å²) in [4.78, 5) is 20.2. The number of carbonyl (C=O) groups is 1. The lowest BCUT2D eigenvalue weighted by molar-refractivity contribution is -0.146. The smallest absolute Gasteiger partial charge is 0.356 e. The molecule has 12 nitrogen and oxygen atoms in total. The van der Waals surface area contributed by atoms with E-state index in [2.05, 4.69) is 20.3 Å². The first-order chi connectivity index (χ1) is 16.7. The van der Waals surface area contributed by atoms with Crippen molar-refractivity contribution in [2.24, 2.45) is 0 Å². The predicted molar refractivity (Wildman–Crippen MR) is 123 cm³/mol. The fraction of sp³-hybridized carbons (Fsp3) is 0.500. The van der Waals surface area contributed by atoms with E-state index in [1.807, 2.05) is 13.0 Å². The SMILES string of the molecule is COC(=O)c1cc(-c2cn(C[C@H]3COC(COS(=O)(=O)C4C=CC(C)=CC4)CO3)nn2)nc(C)n1. The average Bonchev–Trinajstić information content (AvgIpc) is 3.31. The first kappa shape index (κ1) is 25.1. The number of methoxy groups -OCH3 is 1. The third-order valence-corrected chi connectivity index (χ3v) is 7.05. The zero-order valence-corrected chi connectivity index (χ0v) is 20.5. The molecule has 1 aliphatic carbocycles. The number of allylic oxidation sites excluding steroid dienone is 3. The Morgan fingerprint density at radius 1 is 1.17 bits per heavy atom. The second kappa shape index (κ2) is 10.7. The van der Waals surface area contributed by atoms with Crippen LogP contribution in [0.15, 0.2) is 36.1 Å². The molecule has 0 saturated carbocycles. The molecule has 2 aliphatic rings. The highest BCUT2D eigenvalue weighted by Gasteiger charge is 2.29. The lowest BCUT2D eigenvalue weighted by Crippen LogP contribution is -2.41. The van der Waals surface area contributed by atoms with Crippen molar-refractivity contribution < 1.29 is 31.6 Å². The van der Waals surface area contributed by atoms with E-state index >= 15 is 0 Å². The summed E-state index contributed by atoms with van der Waals surface area (Å²) >= 11 is 0. The molecule has 0 radical (unpaired) electrons. The number of hydrogen-bond acceptors (Lipinski definition) is 11. The summed E-state index contributed by atoms with van der Waals surface area (Å²) in [5.41, 5.74) is 2.08. The van der Waals surface area contributed by atoms with Crippen LogP contribution in [-0.2, 0) is 35.1 Å². The molecule has 3 atom stereocenters. The molecule has 35 heavy (non-hydrogen) atoms. The maximum absolute atomic E-state index is 12.4. The van der Waals surface area contributed by atoms with Gasteiger partial charge in [-0.15, -0.1) is 5.10 Å². The third kappa shape index (κ3) is 6.36. The molecule has 0 amide bonds. The Balaban J connectivity index is 1.28. The molecule has 1 aliphatic heterocycles. The molecule has 3 heterocycles. The van der Waals surface area contributed by atoms with Crippen LogP contribution in [0, 0.1) is 6.92 Å². The summed E-state index contributed by atoms with van der Waals surface area (Å²) in [7, 11) is -2.45. The van der Waals surface area contributed by atoms with Gasteiger partial charge in [0.15, 0.2) is 5.69 Å². The summed E-state index contributed by atoms with van der Waals surface area (Å²) in [5.74, 6) is -0.159. The van der Waals surface area contributed by atoms with E-state index < -0.39 is 27.4 Å². The van der Waals surface area contributed by atoms with Gasteiger partial charge in [0.05, 0.1) is 45.4 Å². The first-order valence-corrected chi connectivity index (χ1v) is 12.5. The standard InChI is InChI=1S/C22H27N5O7S/c1-14-4-6-18(7-5-14)35(29,30)34-13-17-12-32-16(11-33-17)9-27-10-21(25-26-27)19-8-20(22(28)31-3)24-15(2)23-19/h4-6,8,10,16-18H,7,9,11-13H2,1-3H3/t16-,17?,18?/m0/s1. The van der Waals surface area contributed by atoms with E-state index in [0.717, 1.165) is 5.57 Å². The molecule has 4 rings (SSSR count). The van der Waals surface area contributed by atoms with Gasteiger partial charge in [-0.3, -0.25) is 4.18 Å². The molecule has 1 saturated heterocycles. The van der Waals surface area contributed by atoms with Gasteiger partial charge in [0, 0.05) is 0 Å². The zero-order chi connectivity index (χ0) is 25.0. The van der Waals surface area contributed by atoms with Crippen molar-refractivity contribution in [1.82, 2.24) is 25.0 Å². The summed E-state index contributed by atoms with van der Waals surface area (Å²) in [5, 5.41) is 7.53. The van der Waals surface area contributed by atoms with Gasteiger partial charge in [0.1, 0.15) is 29.0 Å². The van der Waals surface area contributed by atoms with Crippen LogP contribution in [0.25, 0.3) is 11.4 Å². The van der Waals surface area contributed by atoms with Gasteiger partial charge in [-0.1, -0.05) is 29.0 Å². The van der Waals surface area contributed by atoms with Crippen LogP contribution in [0.4, 0.5) is 0 Å². The Kier molecular flexibility index (Phi) is 7.69. The Bertz CT molecular complexity index is 1230. The molecule has 1 fully saturated rings. The van der Waals surface area contributed by atoms with Crippen LogP contribution < -0.4 is 0 Å². The lowest BCUT2D eigenvalue weighted by Gasteiger charge is -2.29. The van der Waals surface area contributed by atoms with Gasteiger partial charge < -0.3 is 14.2 Å². The maximum atomic E-state index is 12.4. The topological polar surface area (TPSA) is 145 Å². The lowest BCUT2D eigenvalue weighted by atomic mass is 10.1. The van der Waals surface area contributed by atoms with Crippen molar-refractivity contribution in [3.8, 4) is 11.4 Å². The number of ether oxygens (including phenoxy) is 3. The number of hydrogen-bond donors (Lipinski definition) is 0. The van der Waals surface area contributed by atoms with Crippen molar-refractivity contribution in [1.29, 1.82) is 0 Å². The van der Waals surface area contributed by atoms with Gasteiger partial charge in [-0.2, -0.15) is 8.42 Å². The van der Waals surface area contributed by atoms with Crippen LogP contribution in [0.1, 0.15) is 29.7 Å². The number of esters is 1. The van der Waals surface area contributed by atoms with Gasteiger partial charge in [0.25, 0.3) is 10.1 Å². The highest BCUT2D eigenvalue weighted by Crippen LogP contribution is 2.20. The Labute approximate surface area is 203 Å². The minimum absolute atomic E-state index is 0.106. The monoisotopic (exact) mass is 505 g/mol. The number of aromatic nitrogens is 5. The minimum atomic E-state index is -3.73. The van der Waals surface area contributed by atoms with E-state index in [0.29, 0.717) is 30.2 Å². The van der Waals surface area contributed by atoms with Gasteiger partial charge in [-0.25, -0.2) is 19.4 Å². The molecule has 2 aromatic heterocycles. The fourth-order valence-electron chi connectivity index (χ4n) is 3.59. The second-order valence-electron chi connectivity index (χ2n) is 8.27. The number of aryl methyl sites for hydroxylation is 1. The van der Waals surface area contributed by atoms with E-state index in [1.54, 1.807) is 30.0 Å². The molecule has 2 aromatic rings. The van der Waals surface area contributed by atoms with Gasteiger partial charge in [-0.05, 0) is 26.3 Å². The minimum Gasteiger partial charge on any atom is -0.464 e. The third-order valence-electron chi connectivity index (χ3n) is 5.49. The highest BCUT2D eigenvalue weighted by molar-refractivity contribution is 7.87. The normalized spacial score (nSPS) is 22.6. The molecule has 13 heteroatoms. The summed E-state index contributed by atoms with van der Waals surface area (Å²) < 4.78 is 47.9. The largest absolute Gasteiger partial charge is 0.464 e. The quantitative estimate of drug-likeness (QED) is 0.377. The number of rotatable bonds is 8. The van der Waals surface area contributed by atoms with E-state index in [1.165, 1.54) is 13.2 Å². The van der Waals surface area contributed by atoms with E-state index in [-0.39, 0.29) is 31.6 Å².